The fourth-order valence-corrected chi connectivity index (χ4v) is 2.15. The molecule has 1 heterocycles. The molecule has 2 aromatic rings. The predicted octanol–water partition coefficient (Wildman–Crippen LogP) is 3.38. The van der Waals surface area contributed by atoms with Gasteiger partial charge in [0.25, 0.3) is 5.91 Å². The molecule has 0 aliphatic carbocycles. The molecule has 0 aliphatic rings. The van der Waals surface area contributed by atoms with Crippen LogP contribution in [0, 0.1) is 0 Å². The topological polar surface area (TPSA) is 93.2 Å². The van der Waals surface area contributed by atoms with Crippen molar-refractivity contribution in [1.82, 2.24) is 9.97 Å². The van der Waals surface area contributed by atoms with Crippen LogP contribution in [0.15, 0.2) is 30.6 Å². The monoisotopic (exact) mass is 362 g/mol. The minimum atomic E-state index is -0.522. The number of carbonyl (C=O) groups excluding carboxylic acids is 2. The molecule has 25 heavy (non-hydrogen) atoms. The summed E-state index contributed by atoms with van der Waals surface area (Å²) in [6, 6.07) is 6.01. The molecular weight excluding hydrogens is 344 g/mol. The largest absolute Gasteiger partial charge is 0.465 e. The van der Waals surface area contributed by atoms with Crippen molar-refractivity contribution in [3.8, 4) is 0 Å². The molecule has 1 amide bonds. The van der Waals surface area contributed by atoms with Gasteiger partial charge in [0.05, 0.1) is 23.4 Å². The molecule has 0 bridgehead atoms. The van der Waals surface area contributed by atoms with E-state index in [9.17, 15) is 9.59 Å². The summed E-state index contributed by atoms with van der Waals surface area (Å²) >= 11 is 6.08. The highest BCUT2D eigenvalue weighted by Gasteiger charge is 2.16. The second kappa shape index (κ2) is 7.48. The van der Waals surface area contributed by atoms with Crippen molar-refractivity contribution in [1.29, 1.82) is 0 Å². The van der Waals surface area contributed by atoms with Crippen LogP contribution in [-0.4, -0.2) is 34.5 Å². The Morgan fingerprint density at radius 3 is 2.52 bits per heavy atom. The van der Waals surface area contributed by atoms with Crippen LogP contribution in [0.2, 0.25) is 5.02 Å². The van der Waals surface area contributed by atoms with Gasteiger partial charge in [-0.1, -0.05) is 11.6 Å². The van der Waals surface area contributed by atoms with Crippen molar-refractivity contribution in [3.63, 3.8) is 0 Å². The van der Waals surface area contributed by atoms with Crippen LogP contribution in [0.3, 0.4) is 0 Å². The fourth-order valence-electron chi connectivity index (χ4n) is 1.99. The number of nitrogens with one attached hydrogen (secondary N) is 2. The van der Waals surface area contributed by atoms with Gasteiger partial charge in [-0.15, -0.1) is 0 Å². The molecule has 0 atom stereocenters. The van der Waals surface area contributed by atoms with Gasteiger partial charge >= 0.3 is 5.97 Å². The van der Waals surface area contributed by atoms with Gasteiger partial charge in [-0.25, -0.2) is 14.8 Å². The molecule has 0 saturated carbocycles. The molecule has 2 N–H and O–H groups in total. The Kier molecular flexibility index (Phi) is 5.58. The molecule has 0 saturated heterocycles. The number of esters is 1. The summed E-state index contributed by atoms with van der Waals surface area (Å²) in [5.74, 6) is -0.462. The second-order valence-corrected chi connectivity index (χ2v) is 6.71. The zero-order valence-corrected chi connectivity index (χ0v) is 15.1. The smallest absolute Gasteiger partial charge is 0.337 e. The number of carbonyl (C=O) groups is 2. The third kappa shape index (κ3) is 5.15. The predicted molar refractivity (Wildman–Crippen MR) is 96.2 cm³/mol. The third-order valence-electron chi connectivity index (χ3n) is 3.04. The number of hydrogen-bond acceptors (Lipinski definition) is 6. The number of ether oxygens (including phenoxy) is 1. The summed E-state index contributed by atoms with van der Waals surface area (Å²) in [6.45, 7) is 5.94. The summed E-state index contributed by atoms with van der Waals surface area (Å²) in [5.41, 5.74) is 0.528. The van der Waals surface area contributed by atoms with Crippen LogP contribution in [-0.2, 0) is 4.74 Å². The Labute approximate surface area is 150 Å². The molecule has 132 valence electrons. The number of amides is 1. The summed E-state index contributed by atoms with van der Waals surface area (Å²) in [5, 5.41) is 6.10. The average Bonchev–Trinajstić information content (AvgIpc) is 2.54. The van der Waals surface area contributed by atoms with E-state index in [1.165, 1.54) is 31.6 Å². The first-order valence-corrected chi connectivity index (χ1v) is 7.87. The SMILES string of the molecule is COC(=O)c1ccc(Cl)c(NC(=O)c2cc(NC(C)(C)C)ncn2)c1. The molecule has 0 fully saturated rings. The molecule has 7 nitrogen and oxygen atoms in total. The van der Waals surface area contributed by atoms with E-state index in [1.54, 1.807) is 6.07 Å². The van der Waals surface area contributed by atoms with Gasteiger partial charge in [0.1, 0.15) is 17.8 Å². The van der Waals surface area contributed by atoms with Crippen molar-refractivity contribution >= 4 is 35.0 Å². The Bertz CT molecular complexity index is 803. The molecule has 1 aromatic carbocycles. The first-order valence-electron chi connectivity index (χ1n) is 7.49. The van der Waals surface area contributed by atoms with E-state index in [1.807, 2.05) is 20.8 Å². The van der Waals surface area contributed by atoms with E-state index in [4.69, 9.17) is 11.6 Å². The van der Waals surface area contributed by atoms with Crippen molar-refractivity contribution in [2.45, 2.75) is 26.3 Å². The molecule has 0 radical (unpaired) electrons. The maximum atomic E-state index is 12.4. The second-order valence-electron chi connectivity index (χ2n) is 6.30. The number of methoxy groups -OCH3 is 1. The molecule has 2 rings (SSSR count). The standard InChI is InChI=1S/C17H19ClN4O3/c1-17(2,3)22-14-8-13(19-9-20-14)15(23)21-12-7-10(16(24)25-4)5-6-11(12)18/h5-9H,1-4H3,(H,21,23)(H,19,20,22). The highest BCUT2D eigenvalue weighted by atomic mass is 35.5. The van der Waals surface area contributed by atoms with Gasteiger partial charge in [0.15, 0.2) is 0 Å². The van der Waals surface area contributed by atoms with E-state index in [-0.39, 0.29) is 16.8 Å². The number of aromatic nitrogens is 2. The normalized spacial score (nSPS) is 10.9. The van der Waals surface area contributed by atoms with Gasteiger partial charge in [0.2, 0.25) is 0 Å². The number of rotatable bonds is 4. The zero-order chi connectivity index (χ0) is 18.6. The van der Waals surface area contributed by atoms with Gasteiger partial charge in [0, 0.05) is 11.6 Å². The van der Waals surface area contributed by atoms with Crippen LogP contribution in [0.4, 0.5) is 11.5 Å². The van der Waals surface area contributed by atoms with Gasteiger partial charge in [-0.2, -0.15) is 0 Å². The van der Waals surface area contributed by atoms with Crippen molar-refractivity contribution in [3.05, 3.63) is 46.9 Å². The number of anilines is 2. The Morgan fingerprint density at radius 1 is 1.16 bits per heavy atom. The fraction of sp³-hybridized carbons (Fsp3) is 0.294. The summed E-state index contributed by atoms with van der Waals surface area (Å²) < 4.78 is 4.66. The highest BCUT2D eigenvalue weighted by molar-refractivity contribution is 6.34. The molecule has 0 unspecified atom stereocenters. The van der Waals surface area contributed by atoms with E-state index >= 15 is 0 Å². The maximum absolute atomic E-state index is 12.4. The summed E-state index contributed by atoms with van der Waals surface area (Å²) in [7, 11) is 1.28. The number of halogens is 1. The first kappa shape index (κ1) is 18.7. The van der Waals surface area contributed by atoms with Crippen LogP contribution >= 0.6 is 11.6 Å². The number of benzene rings is 1. The molecule has 8 heteroatoms. The van der Waals surface area contributed by atoms with E-state index < -0.39 is 11.9 Å². The van der Waals surface area contributed by atoms with Crippen LogP contribution < -0.4 is 10.6 Å². The number of nitrogens with zero attached hydrogens (tertiary/aromatic N) is 2. The van der Waals surface area contributed by atoms with E-state index in [0.717, 1.165) is 0 Å². The first-order chi connectivity index (χ1) is 11.7. The maximum Gasteiger partial charge on any atom is 0.337 e. The van der Waals surface area contributed by atoms with Gasteiger partial charge in [-0.05, 0) is 39.0 Å². The Morgan fingerprint density at radius 2 is 1.88 bits per heavy atom. The zero-order valence-electron chi connectivity index (χ0n) is 14.4. The molecule has 0 spiro atoms. The molecule has 1 aromatic heterocycles. The van der Waals surface area contributed by atoms with Crippen LogP contribution in [0.5, 0.6) is 0 Å². The van der Waals surface area contributed by atoms with Gasteiger partial charge < -0.3 is 15.4 Å². The Hall–Kier alpha value is -2.67. The number of hydrogen-bond donors (Lipinski definition) is 2. The lowest BCUT2D eigenvalue weighted by Crippen LogP contribution is -2.27. The lowest BCUT2D eigenvalue weighted by molar-refractivity contribution is 0.0600. The Balaban J connectivity index is 2.22. The lowest BCUT2D eigenvalue weighted by Gasteiger charge is -2.21. The third-order valence-corrected chi connectivity index (χ3v) is 3.37. The highest BCUT2D eigenvalue weighted by Crippen LogP contribution is 2.24. The van der Waals surface area contributed by atoms with Crippen molar-refractivity contribution < 1.29 is 14.3 Å². The minimum Gasteiger partial charge on any atom is -0.465 e. The quantitative estimate of drug-likeness (QED) is 0.810. The molecule has 0 aliphatic heterocycles. The summed E-state index contributed by atoms with van der Waals surface area (Å²) in [4.78, 5) is 32.1. The minimum absolute atomic E-state index is 0.168. The average molecular weight is 363 g/mol. The molecular formula is C17H19ClN4O3. The van der Waals surface area contributed by atoms with Crippen molar-refractivity contribution in [2.24, 2.45) is 0 Å². The van der Waals surface area contributed by atoms with E-state index in [2.05, 4.69) is 25.3 Å². The van der Waals surface area contributed by atoms with Crippen molar-refractivity contribution in [2.75, 3.05) is 17.7 Å². The lowest BCUT2D eigenvalue weighted by atomic mass is 10.1. The van der Waals surface area contributed by atoms with Crippen LogP contribution in [0.1, 0.15) is 41.6 Å². The van der Waals surface area contributed by atoms with Crippen LogP contribution in [0.25, 0.3) is 0 Å². The van der Waals surface area contributed by atoms with E-state index in [0.29, 0.717) is 16.5 Å². The van der Waals surface area contributed by atoms with Gasteiger partial charge in [-0.3, -0.25) is 4.79 Å². The summed E-state index contributed by atoms with van der Waals surface area (Å²) in [6.07, 6.45) is 1.30.